The number of hydrogen-bond acceptors (Lipinski definition) is 6. The summed E-state index contributed by atoms with van der Waals surface area (Å²) in [6.07, 6.45) is 0. The lowest BCUT2D eigenvalue weighted by atomic mass is 9.89. The number of aromatic nitrogens is 6. The highest BCUT2D eigenvalue weighted by atomic mass is 16.1. The lowest BCUT2D eigenvalue weighted by Crippen LogP contribution is -2.13. The van der Waals surface area contributed by atoms with Gasteiger partial charge in [0.1, 0.15) is 16.9 Å². The van der Waals surface area contributed by atoms with E-state index in [-0.39, 0.29) is 16.7 Å². The minimum atomic E-state index is -0.0321. The summed E-state index contributed by atoms with van der Waals surface area (Å²) in [5.41, 5.74) is 24.1. The summed E-state index contributed by atoms with van der Waals surface area (Å²) in [7, 11) is 0. The third-order valence-corrected chi connectivity index (χ3v) is 21.8. The van der Waals surface area contributed by atoms with E-state index in [9.17, 15) is 14.4 Å². The van der Waals surface area contributed by atoms with Crippen molar-refractivity contribution in [3.05, 3.63) is 379 Å². The van der Waals surface area contributed by atoms with Crippen LogP contribution in [-0.2, 0) is 0 Å². The minimum Gasteiger partial charge on any atom is -0.268 e. The molecule has 22 aromatic rings. The van der Waals surface area contributed by atoms with Gasteiger partial charge in [-0.1, -0.05) is 254 Å². The Morgan fingerprint density at radius 3 is 1.00 bits per heavy atom. The monoisotopic (exact) mass is 1410 g/mol. The van der Waals surface area contributed by atoms with E-state index in [2.05, 4.69) is 225 Å². The Balaban J connectivity index is 0.000000110. The molecule has 0 bridgehead atoms. The number of aryl methyl sites for hydroxylation is 8. The van der Waals surface area contributed by atoms with Gasteiger partial charge < -0.3 is 0 Å². The van der Waals surface area contributed by atoms with E-state index in [0.29, 0.717) is 11.0 Å². The molecular weight excluding hydrogens is 1330 g/mol. The maximum atomic E-state index is 14.6. The summed E-state index contributed by atoms with van der Waals surface area (Å²) < 4.78 is 5.39. The molecule has 22 rings (SSSR count). The van der Waals surface area contributed by atoms with Crippen LogP contribution < -0.4 is 16.7 Å². The molecule has 0 fully saturated rings. The van der Waals surface area contributed by atoms with Crippen LogP contribution >= 0.6 is 0 Å². The number of pyridine rings is 3. The number of fused-ring (bicyclic) bond motifs is 14. The largest absolute Gasteiger partial charge is 0.268 e. The van der Waals surface area contributed by atoms with Crippen molar-refractivity contribution < 1.29 is 0 Å². The fraction of sp³-hybridized carbons (Fsp3) is 0.0800. The van der Waals surface area contributed by atoms with E-state index >= 15 is 0 Å². The molecule has 0 aliphatic carbocycles. The smallest absolute Gasteiger partial charge is 0.264 e. The summed E-state index contributed by atoms with van der Waals surface area (Å²) >= 11 is 0. The molecule has 0 unspecified atom stereocenters. The molecule has 0 radical (unpaired) electrons. The van der Waals surface area contributed by atoms with Crippen LogP contribution in [0.5, 0.6) is 0 Å². The van der Waals surface area contributed by atoms with E-state index in [1.54, 1.807) is 8.80 Å². The van der Waals surface area contributed by atoms with Crippen molar-refractivity contribution in [3.8, 4) is 33.4 Å². The predicted octanol–water partition coefficient (Wildman–Crippen LogP) is 23.9. The van der Waals surface area contributed by atoms with Crippen molar-refractivity contribution in [3.63, 3.8) is 0 Å². The van der Waals surface area contributed by atoms with Gasteiger partial charge >= 0.3 is 0 Å². The Morgan fingerprint density at radius 1 is 0.239 bits per heavy atom. The third-order valence-electron chi connectivity index (χ3n) is 21.8. The highest BCUT2D eigenvalue weighted by Crippen LogP contribution is 2.43. The number of nitrogens with zero attached hydrogens (tertiary/aromatic N) is 6. The van der Waals surface area contributed by atoms with Gasteiger partial charge in [-0.25, -0.2) is 15.0 Å². The van der Waals surface area contributed by atoms with E-state index < -0.39 is 0 Å². The second-order valence-corrected chi connectivity index (χ2v) is 28.9. The summed E-state index contributed by atoms with van der Waals surface area (Å²) in [5.74, 6) is 0. The molecule has 16 aromatic carbocycles. The van der Waals surface area contributed by atoms with Crippen molar-refractivity contribution in [2.24, 2.45) is 0 Å². The molecule has 0 N–H and O–H groups in total. The second kappa shape index (κ2) is 27.0. The molecule has 0 saturated carbocycles. The van der Waals surface area contributed by atoms with Crippen molar-refractivity contribution in [1.82, 2.24) is 28.2 Å². The molecule has 0 aliphatic heterocycles. The zero-order chi connectivity index (χ0) is 74.5. The molecule has 9 nitrogen and oxygen atoms in total. The van der Waals surface area contributed by atoms with Crippen LogP contribution in [0.2, 0.25) is 0 Å². The fourth-order valence-corrected chi connectivity index (χ4v) is 16.8. The van der Waals surface area contributed by atoms with Crippen LogP contribution in [0.3, 0.4) is 0 Å². The van der Waals surface area contributed by atoms with Gasteiger partial charge in [0.05, 0.1) is 33.1 Å². The standard InChI is InChI=1S/C42H34N2O.2C22H12N2O.2C7H8/c1-23-11-7-12-24(2)36(23)29-21-34(38-27(5)15-9-16-28(38)6)40-35(22-29)44-41(43-40)32-20-19-31(37-25(3)13-8-14-26(37)4)30-17-10-18-33(39(30)32)42(44)45;2*25-22-17-10-4-8-13-7-3-9-16(20(13)17)21-23-18-11-14-5-1-2-6-15(14)12-19(18)24(21)22;2*1-7-5-3-2-4-6-7/h7-22H,1-6H3;2*1-12H;2*2-6H,1H3. The molecule has 0 atom stereocenters. The van der Waals surface area contributed by atoms with Crippen molar-refractivity contribution in [2.75, 3.05) is 0 Å². The molecule has 0 amide bonds. The van der Waals surface area contributed by atoms with Crippen LogP contribution in [0.15, 0.2) is 318 Å². The van der Waals surface area contributed by atoms with Gasteiger partial charge in [0.2, 0.25) is 0 Å². The molecule has 0 saturated heterocycles. The summed E-state index contributed by atoms with van der Waals surface area (Å²) in [5, 5.41) is 16.0. The molecule has 6 heterocycles. The fourth-order valence-electron chi connectivity index (χ4n) is 16.8. The van der Waals surface area contributed by atoms with Gasteiger partial charge in [-0.2, -0.15) is 0 Å². The topological polar surface area (TPSA) is 103 Å². The van der Waals surface area contributed by atoms with Gasteiger partial charge in [0, 0.05) is 54.0 Å². The van der Waals surface area contributed by atoms with Crippen molar-refractivity contribution >= 4 is 136 Å². The normalized spacial score (nSPS) is 11.6. The maximum Gasteiger partial charge on any atom is 0.264 e. The van der Waals surface area contributed by atoms with Gasteiger partial charge in [-0.15, -0.1) is 0 Å². The average Bonchev–Trinajstić information content (AvgIpc) is 1.61. The highest BCUT2D eigenvalue weighted by Gasteiger charge is 2.25. The van der Waals surface area contributed by atoms with Crippen LogP contribution in [0.25, 0.3) is 170 Å². The number of hydrogen-bond donors (Lipinski definition) is 0. The first-order chi connectivity index (χ1) is 53.1. The molecule has 6 aromatic heterocycles. The summed E-state index contributed by atoms with van der Waals surface area (Å²) in [6.45, 7) is 17.1. The van der Waals surface area contributed by atoms with Crippen molar-refractivity contribution in [1.29, 1.82) is 0 Å². The Morgan fingerprint density at radius 2 is 0.569 bits per heavy atom. The molecule has 109 heavy (non-hydrogen) atoms. The SMILES string of the molecule is Cc1cccc(C)c1-c1cc(-c2c(C)cccc2C)c2nc3c4ccc(-c5c(C)cccc5C)c5cccc(c(=O)n3c2c1)c54.Cc1ccccc1.Cc1ccccc1.O=c1c2cccc3cccc(c32)c2nc3cc4ccccc4cc3n12.O=c1c2cccc3cccc(c32)c2nc3cc4ccccc4cc3n12. The predicted molar refractivity (Wildman–Crippen MR) is 458 cm³/mol. The molecule has 0 aliphatic rings. The Kier molecular flexibility index (Phi) is 16.6. The molecular formula is C100H74N6O3. The van der Waals surface area contributed by atoms with Gasteiger partial charge in [0.25, 0.3) is 16.7 Å². The zero-order valence-electron chi connectivity index (χ0n) is 61.8. The van der Waals surface area contributed by atoms with E-state index in [1.807, 2.05) is 138 Å². The summed E-state index contributed by atoms with van der Waals surface area (Å²) in [4.78, 5) is 56.1. The van der Waals surface area contributed by atoms with Gasteiger partial charge in [-0.3, -0.25) is 27.6 Å². The first kappa shape index (κ1) is 67.1. The van der Waals surface area contributed by atoms with Crippen LogP contribution in [0.1, 0.15) is 44.5 Å². The number of benzene rings is 16. The summed E-state index contributed by atoms with van der Waals surface area (Å²) in [6, 6.07) is 103. The Labute approximate surface area is 628 Å². The van der Waals surface area contributed by atoms with E-state index in [1.165, 1.54) is 61.2 Å². The molecule has 9 heteroatoms. The van der Waals surface area contributed by atoms with E-state index in [0.717, 1.165) is 142 Å². The highest BCUT2D eigenvalue weighted by molar-refractivity contribution is 6.21. The Bertz CT molecular complexity index is 7250. The van der Waals surface area contributed by atoms with Crippen LogP contribution in [0.4, 0.5) is 0 Å². The average molecular weight is 1410 g/mol. The minimum absolute atomic E-state index is 0.00270. The number of rotatable bonds is 3. The van der Waals surface area contributed by atoms with Crippen molar-refractivity contribution in [2.45, 2.75) is 55.4 Å². The Hall–Kier alpha value is -13.8. The van der Waals surface area contributed by atoms with Crippen LogP contribution in [-0.4, -0.2) is 28.2 Å². The lowest BCUT2D eigenvalue weighted by Gasteiger charge is -2.16. The maximum absolute atomic E-state index is 14.6. The lowest BCUT2D eigenvalue weighted by molar-refractivity contribution is 1.19. The number of imidazole rings is 3. The van der Waals surface area contributed by atoms with Gasteiger partial charge in [0.15, 0.2) is 0 Å². The van der Waals surface area contributed by atoms with Crippen LogP contribution in [0, 0.1) is 55.4 Å². The first-order valence-electron chi connectivity index (χ1n) is 37.0. The van der Waals surface area contributed by atoms with E-state index in [4.69, 9.17) is 15.0 Å². The quantitative estimate of drug-likeness (QED) is 0.175. The second-order valence-electron chi connectivity index (χ2n) is 28.9. The third kappa shape index (κ3) is 11.4. The first-order valence-corrected chi connectivity index (χ1v) is 37.0. The zero-order valence-corrected chi connectivity index (χ0v) is 61.8. The molecule has 522 valence electrons. The van der Waals surface area contributed by atoms with Gasteiger partial charge in [-0.05, 0) is 215 Å². The molecule has 0 spiro atoms.